The van der Waals surface area contributed by atoms with Crippen LogP contribution in [-0.2, 0) is 4.79 Å². The highest BCUT2D eigenvalue weighted by molar-refractivity contribution is 7.17. The quantitative estimate of drug-likeness (QED) is 0.264. The highest BCUT2D eigenvalue weighted by Crippen LogP contribution is 2.31. The van der Waals surface area contributed by atoms with E-state index in [4.69, 9.17) is 4.74 Å². The minimum Gasteiger partial charge on any atom is -0.494 e. The summed E-state index contributed by atoms with van der Waals surface area (Å²) in [4.78, 5) is 15.6. The molecule has 1 aromatic heterocycles. The first-order valence-electron chi connectivity index (χ1n) is 11.3. The van der Waals surface area contributed by atoms with E-state index in [2.05, 4.69) is 44.8 Å². The number of ether oxygens (including phenoxy) is 1. The van der Waals surface area contributed by atoms with Crippen molar-refractivity contribution in [1.82, 2.24) is 4.90 Å². The van der Waals surface area contributed by atoms with E-state index in [9.17, 15) is 4.79 Å². The lowest BCUT2D eigenvalue weighted by atomic mass is 10.1. The number of rotatable bonds is 10. The summed E-state index contributed by atoms with van der Waals surface area (Å²) >= 11 is 1.82. The van der Waals surface area contributed by atoms with Gasteiger partial charge in [-0.25, -0.2) is 0 Å². The first-order valence-corrected chi connectivity index (χ1v) is 12.2. The van der Waals surface area contributed by atoms with Crippen LogP contribution in [-0.4, -0.2) is 57.6 Å². The third kappa shape index (κ3) is 5.50. The molecule has 3 aromatic rings. The minimum absolute atomic E-state index is 0.715. The highest BCUT2D eigenvalue weighted by Gasteiger charge is 2.18. The summed E-state index contributed by atoms with van der Waals surface area (Å²) in [6.07, 6.45) is 6.26. The summed E-state index contributed by atoms with van der Waals surface area (Å²) in [5.74, 6) is 0.855. The van der Waals surface area contributed by atoms with Gasteiger partial charge in [0.25, 0.3) is 0 Å². The molecule has 6 heteroatoms. The molecule has 1 N–H and O–H groups in total. The van der Waals surface area contributed by atoms with Gasteiger partial charge >= 0.3 is 0 Å². The van der Waals surface area contributed by atoms with Crippen molar-refractivity contribution in [2.24, 2.45) is 0 Å². The number of carbonyl (C=O) groups excluding carboxylic acids is 1. The molecule has 0 radical (unpaired) electrons. The Bertz CT molecular complexity index is 1050. The Labute approximate surface area is 194 Å². The molecule has 1 aliphatic heterocycles. The van der Waals surface area contributed by atoms with E-state index in [0.717, 1.165) is 68.9 Å². The first kappa shape index (κ1) is 22.4. The molecule has 0 spiro atoms. The molecule has 5 nitrogen and oxygen atoms in total. The molecule has 2 heterocycles. The maximum Gasteiger partial charge on any atom is 0.142 e. The molecule has 1 fully saturated rings. The van der Waals surface area contributed by atoms with Crippen LogP contribution in [0.4, 0.5) is 11.4 Å². The Balaban J connectivity index is 1.18. The van der Waals surface area contributed by atoms with E-state index < -0.39 is 0 Å². The molecular weight excluding hydrogens is 418 g/mol. The normalized spacial score (nSPS) is 14.8. The van der Waals surface area contributed by atoms with Gasteiger partial charge in [0.15, 0.2) is 0 Å². The third-order valence-electron chi connectivity index (χ3n) is 5.97. The maximum absolute atomic E-state index is 10.5. The van der Waals surface area contributed by atoms with Crippen molar-refractivity contribution in [3.63, 3.8) is 0 Å². The number of aldehydes is 1. The highest BCUT2D eigenvalue weighted by atomic mass is 32.1. The zero-order valence-corrected chi connectivity index (χ0v) is 19.4. The van der Waals surface area contributed by atoms with Gasteiger partial charge in [-0.2, -0.15) is 0 Å². The number of hydrogen-bond acceptors (Lipinski definition) is 6. The molecule has 1 saturated heterocycles. The van der Waals surface area contributed by atoms with Crippen molar-refractivity contribution < 1.29 is 9.53 Å². The summed E-state index contributed by atoms with van der Waals surface area (Å²) in [6.45, 7) is 6.24. The Morgan fingerprint density at radius 2 is 1.97 bits per heavy atom. The first-order chi connectivity index (χ1) is 15.8. The average molecular weight is 450 g/mol. The number of carbonyl (C=O) groups is 1. The Morgan fingerprint density at radius 3 is 2.78 bits per heavy atom. The predicted molar refractivity (Wildman–Crippen MR) is 136 cm³/mol. The number of nitrogens with zero attached hydrogens (tertiary/aromatic N) is 2. The van der Waals surface area contributed by atoms with Gasteiger partial charge in [-0.3, -0.25) is 9.69 Å². The Kier molecular flexibility index (Phi) is 7.80. The number of anilines is 2. The molecule has 0 unspecified atom stereocenters. The third-order valence-corrected chi connectivity index (χ3v) is 6.85. The second kappa shape index (κ2) is 11.2. The zero-order chi connectivity index (χ0) is 22.2. The number of fused-ring (bicyclic) bond motifs is 1. The number of nitrogens with one attached hydrogen (secondary N) is 1. The van der Waals surface area contributed by atoms with Crippen molar-refractivity contribution in [2.45, 2.75) is 12.8 Å². The van der Waals surface area contributed by atoms with Gasteiger partial charge < -0.3 is 15.0 Å². The molecule has 0 saturated carbocycles. The fraction of sp³-hybridized carbons (Fsp3) is 0.346. The molecule has 2 aromatic carbocycles. The minimum atomic E-state index is 0.715. The molecule has 32 heavy (non-hydrogen) atoms. The molecule has 168 valence electrons. The van der Waals surface area contributed by atoms with Gasteiger partial charge in [0.05, 0.1) is 6.61 Å². The van der Waals surface area contributed by atoms with Crippen LogP contribution >= 0.6 is 11.3 Å². The number of piperazine rings is 1. The molecule has 1 aliphatic rings. The molecule has 4 rings (SSSR count). The summed E-state index contributed by atoms with van der Waals surface area (Å²) in [7, 11) is 1.87. The molecule has 0 atom stereocenters. The maximum atomic E-state index is 10.5. The van der Waals surface area contributed by atoms with Gasteiger partial charge in [-0.15, -0.1) is 11.3 Å². The summed E-state index contributed by atoms with van der Waals surface area (Å²) in [6, 6.07) is 14.8. The van der Waals surface area contributed by atoms with Crippen LogP contribution in [0.2, 0.25) is 0 Å². The van der Waals surface area contributed by atoms with Crippen LogP contribution in [0.5, 0.6) is 5.75 Å². The standard InChI is InChI=1S/C26H31N3O2S/c1-27-24-20-22(10-9-21(24)6-5-17-30)31-18-3-2-12-28-13-15-29(16-14-28)25-7-4-8-26-23(25)11-19-32-26/h4-11,17,19-20,27H,2-3,12-16,18H2,1H3/b6-5-. The fourth-order valence-corrected chi connectivity index (χ4v) is 5.03. The van der Waals surface area contributed by atoms with Crippen LogP contribution in [0.3, 0.4) is 0 Å². The van der Waals surface area contributed by atoms with E-state index in [1.807, 2.05) is 36.6 Å². The van der Waals surface area contributed by atoms with Crippen molar-refractivity contribution in [1.29, 1.82) is 0 Å². The summed E-state index contributed by atoms with van der Waals surface area (Å²) in [5, 5.41) is 6.73. The van der Waals surface area contributed by atoms with E-state index in [1.165, 1.54) is 21.8 Å². The van der Waals surface area contributed by atoms with Gasteiger partial charge in [-0.1, -0.05) is 6.07 Å². The molecule has 0 bridgehead atoms. The average Bonchev–Trinajstić information content (AvgIpc) is 3.32. The topological polar surface area (TPSA) is 44.8 Å². The lowest BCUT2D eigenvalue weighted by Crippen LogP contribution is -2.46. The number of hydrogen-bond donors (Lipinski definition) is 1. The summed E-state index contributed by atoms with van der Waals surface area (Å²) < 4.78 is 7.32. The largest absolute Gasteiger partial charge is 0.494 e. The number of thiophene rings is 1. The zero-order valence-electron chi connectivity index (χ0n) is 18.6. The van der Waals surface area contributed by atoms with Crippen LogP contribution < -0.4 is 15.0 Å². The fourth-order valence-electron chi connectivity index (χ4n) is 4.22. The SMILES string of the molecule is CNc1cc(OCCCCN2CCN(c3cccc4sccc34)CC2)ccc1/C=C\C=O. The Hall–Kier alpha value is -2.83. The smallest absolute Gasteiger partial charge is 0.142 e. The second-order valence-corrected chi connectivity index (χ2v) is 8.94. The van der Waals surface area contributed by atoms with E-state index in [1.54, 1.807) is 6.08 Å². The molecule has 0 amide bonds. The van der Waals surface area contributed by atoms with Crippen LogP contribution in [0.25, 0.3) is 16.2 Å². The lowest BCUT2D eigenvalue weighted by Gasteiger charge is -2.36. The van der Waals surface area contributed by atoms with E-state index in [0.29, 0.717) is 6.61 Å². The van der Waals surface area contributed by atoms with Crippen LogP contribution in [0, 0.1) is 0 Å². The Morgan fingerprint density at radius 1 is 1.09 bits per heavy atom. The van der Waals surface area contributed by atoms with Crippen molar-refractivity contribution in [2.75, 3.05) is 56.6 Å². The van der Waals surface area contributed by atoms with E-state index in [-0.39, 0.29) is 0 Å². The number of allylic oxidation sites excluding steroid dienone is 1. The van der Waals surface area contributed by atoms with Crippen molar-refractivity contribution >= 4 is 45.2 Å². The monoisotopic (exact) mass is 449 g/mol. The summed E-state index contributed by atoms with van der Waals surface area (Å²) in [5.41, 5.74) is 3.31. The van der Waals surface area contributed by atoms with Gasteiger partial charge in [0.2, 0.25) is 0 Å². The van der Waals surface area contributed by atoms with Crippen molar-refractivity contribution in [3.05, 3.63) is 59.5 Å². The lowest BCUT2D eigenvalue weighted by molar-refractivity contribution is -0.104. The number of benzene rings is 2. The van der Waals surface area contributed by atoms with E-state index >= 15 is 0 Å². The molecule has 0 aliphatic carbocycles. The van der Waals surface area contributed by atoms with Crippen LogP contribution in [0.15, 0.2) is 53.9 Å². The molecular formula is C26H31N3O2S. The van der Waals surface area contributed by atoms with Crippen LogP contribution in [0.1, 0.15) is 18.4 Å². The van der Waals surface area contributed by atoms with Gasteiger partial charge in [0.1, 0.15) is 12.0 Å². The second-order valence-electron chi connectivity index (χ2n) is 7.99. The number of unbranched alkanes of at least 4 members (excludes halogenated alkanes) is 1. The van der Waals surface area contributed by atoms with Crippen molar-refractivity contribution in [3.8, 4) is 5.75 Å². The predicted octanol–water partition coefficient (Wildman–Crippen LogP) is 5.14. The van der Waals surface area contributed by atoms with Gasteiger partial charge in [-0.05, 0) is 72.8 Å². The van der Waals surface area contributed by atoms with Gasteiger partial charge in [0, 0.05) is 60.8 Å².